The van der Waals surface area contributed by atoms with Gasteiger partial charge in [-0.3, -0.25) is 5.41 Å². The molecule has 9 heteroatoms. The molecule has 132 valence electrons. The molecule has 25 heavy (non-hydrogen) atoms. The summed E-state index contributed by atoms with van der Waals surface area (Å²) in [7, 11) is 1.65. The number of thiophene rings is 1. The van der Waals surface area contributed by atoms with Crippen LogP contribution in [0.3, 0.4) is 0 Å². The number of nitrogens with zero attached hydrogens (tertiary/aromatic N) is 1. The maximum absolute atomic E-state index is 7.61. The first-order chi connectivity index (χ1) is 11.6. The average Bonchev–Trinajstić information content (AvgIpc) is 3.21. The Labute approximate surface area is 164 Å². The second-order valence-corrected chi connectivity index (χ2v) is 7.81. The molecule has 0 radical (unpaired) electrons. The van der Waals surface area contributed by atoms with Gasteiger partial charge in [0.25, 0.3) is 0 Å². The molecule has 1 aromatic carbocycles. The van der Waals surface area contributed by atoms with Crippen LogP contribution in [0, 0.1) is 5.41 Å². The van der Waals surface area contributed by atoms with Crippen LogP contribution in [0.25, 0.3) is 11.3 Å². The molecule has 0 aliphatic rings. The van der Waals surface area contributed by atoms with Gasteiger partial charge in [0.05, 0.1) is 21.9 Å². The summed E-state index contributed by atoms with van der Waals surface area (Å²) in [6.07, 6.45) is 2.02. The molecule has 0 saturated heterocycles. The van der Waals surface area contributed by atoms with Crippen LogP contribution in [-0.4, -0.2) is 24.2 Å². The summed E-state index contributed by atoms with van der Waals surface area (Å²) in [5, 5.41) is 13.7. The number of rotatable bonds is 6. The van der Waals surface area contributed by atoms with Crippen LogP contribution in [0.4, 0.5) is 10.8 Å². The average molecular weight is 413 g/mol. The summed E-state index contributed by atoms with van der Waals surface area (Å²) in [5.41, 5.74) is 8.48. The highest BCUT2D eigenvalue weighted by molar-refractivity contribution is 8.00. The number of nitrogens with two attached hydrogens (primary N) is 1. The number of halogens is 1. The third-order valence-electron chi connectivity index (χ3n) is 3.27. The van der Waals surface area contributed by atoms with Crippen LogP contribution < -0.4 is 15.8 Å². The maximum atomic E-state index is 7.61. The summed E-state index contributed by atoms with van der Waals surface area (Å²) in [6.45, 7) is 0. The van der Waals surface area contributed by atoms with Crippen LogP contribution in [-0.2, 0) is 0 Å². The Morgan fingerprint density at radius 2 is 2.04 bits per heavy atom. The zero-order valence-corrected chi connectivity index (χ0v) is 16.8. The SMILES string of the molecule is COc1ccc(Nc2nc(-c3cc(C(=N)N)sc3SC)cs2)cc1.Cl. The smallest absolute Gasteiger partial charge is 0.187 e. The fourth-order valence-electron chi connectivity index (χ4n) is 2.09. The molecule has 0 atom stereocenters. The fraction of sp³-hybridized carbons (Fsp3) is 0.125. The molecule has 0 bridgehead atoms. The topological polar surface area (TPSA) is 84.0 Å². The number of hydrogen-bond acceptors (Lipinski definition) is 7. The fourth-order valence-corrected chi connectivity index (χ4v) is 4.57. The molecule has 0 aliphatic carbocycles. The normalized spacial score (nSPS) is 10.2. The highest BCUT2D eigenvalue weighted by Crippen LogP contribution is 2.39. The number of amidine groups is 1. The first-order valence-electron chi connectivity index (χ1n) is 7.00. The summed E-state index contributed by atoms with van der Waals surface area (Å²) in [4.78, 5) is 5.43. The van der Waals surface area contributed by atoms with E-state index in [1.807, 2.05) is 42.0 Å². The first-order valence-corrected chi connectivity index (χ1v) is 9.92. The maximum Gasteiger partial charge on any atom is 0.187 e. The van der Waals surface area contributed by atoms with Gasteiger partial charge in [0.2, 0.25) is 0 Å². The minimum absolute atomic E-state index is 0. The van der Waals surface area contributed by atoms with Crippen LogP contribution in [0.15, 0.2) is 39.9 Å². The Hall–Kier alpha value is -1.74. The van der Waals surface area contributed by atoms with Crippen molar-refractivity contribution in [2.45, 2.75) is 4.21 Å². The second kappa shape index (κ2) is 8.57. The summed E-state index contributed by atoms with van der Waals surface area (Å²) >= 11 is 4.71. The largest absolute Gasteiger partial charge is 0.497 e. The standard InChI is InChI=1S/C16H16N4OS3.ClH/c1-21-10-5-3-9(4-6-10)19-16-20-12(8-23-16)11-7-13(14(17)18)24-15(11)22-2;/h3-8H,1-2H3,(H3,17,18)(H,19,20);1H. The van der Waals surface area contributed by atoms with Gasteiger partial charge in [0.15, 0.2) is 5.13 Å². The van der Waals surface area contributed by atoms with E-state index in [0.717, 1.165) is 36.9 Å². The first kappa shape index (κ1) is 19.6. The molecule has 0 fully saturated rings. The quantitative estimate of drug-likeness (QED) is 0.299. The third-order valence-corrected chi connectivity index (χ3v) is 6.33. The molecule has 2 heterocycles. The summed E-state index contributed by atoms with van der Waals surface area (Å²) in [6, 6.07) is 9.64. The van der Waals surface area contributed by atoms with Gasteiger partial charge in [0, 0.05) is 16.6 Å². The van der Waals surface area contributed by atoms with E-state index in [1.54, 1.807) is 30.2 Å². The second-order valence-electron chi connectivity index (χ2n) is 4.82. The molecule has 4 N–H and O–H groups in total. The summed E-state index contributed by atoms with van der Waals surface area (Å²) in [5.74, 6) is 0.911. The Bertz CT molecular complexity index is 861. The number of thiazole rings is 1. The van der Waals surface area contributed by atoms with Crippen molar-refractivity contribution in [1.29, 1.82) is 5.41 Å². The predicted octanol–water partition coefficient (Wildman–Crippen LogP) is 5.05. The van der Waals surface area contributed by atoms with E-state index in [9.17, 15) is 0 Å². The third kappa shape index (κ3) is 4.46. The van der Waals surface area contributed by atoms with Gasteiger partial charge in [-0.05, 0) is 36.6 Å². The summed E-state index contributed by atoms with van der Waals surface area (Å²) < 4.78 is 6.27. The number of anilines is 2. The molecule has 3 aromatic rings. The molecule has 5 nitrogen and oxygen atoms in total. The van der Waals surface area contributed by atoms with Crippen molar-refractivity contribution in [1.82, 2.24) is 4.98 Å². The van der Waals surface area contributed by atoms with Gasteiger partial charge < -0.3 is 15.8 Å². The highest BCUT2D eigenvalue weighted by atomic mass is 35.5. The van der Waals surface area contributed by atoms with Crippen molar-refractivity contribution in [2.24, 2.45) is 5.73 Å². The van der Waals surface area contributed by atoms with Crippen molar-refractivity contribution < 1.29 is 4.74 Å². The zero-order chi connectivity index (χ0) is 17.1. The molecule has 2 aromatic heterocycles. The number of ether oxygens (including phenoxy) is 1. The van der Waals surface area contributed by atoms with E-state index in [0.29, 0.717) is 0 Å². The van der Waals surface area contributed by atoms with Gasteiger partial charge in [0.1, 0.15) is 11.6 Å². The Balaban J connectivity index is 0.00000225. The number of methoxy groups -OCH3 is 1. The minimum atomic E-state index is 0. The monoisotopic (exact) mass is 412 g/mol. The van der Waals surface area contributed by atoms with Gasteiger partial charge in [-0.2, -0.15) is 0 Å². The molecule has 0 saturated carbocycles. The van der Waals surface area contributed by atoms with Crippen LogP contribution in [0.5, 0.6) is 5.75 Å². The number of nitrogens with one attached hydrogen (secondary N) is 2. The molecule has 0 amide bonds. The van der Waals surface area contributed by atoms with Crippen molar-refractivity contribution >= 4 is 63.5 Å². The number of benzene rings is 1. The number of hydrogen-bond donors (Lipinski definition) is 3. The van der Waals surface area contributed by atoms with E-state index in [4.69, 9.17) is 15.9 Å². The van der Waals surface area contributed by atoms with Crippen LogP contribution in [0.2, 0.25) is 0 Å². The van der Waals surface area contributed by atoms with Gasteiger partial charge in [-0.15, -0.1) is 46.8 Å². The predicted molar refractivity (Wildman–Crippen MR) is 112 cm³/mol. The van der Waals surface area contributed by atoms with Gasteiger partial charge in [-0.25, -0.2) is 4.98 Å². The van der Waals surface area contributed by atoms with E-state index in [1.165, 1.54) is 11.3 Å². The molecule has 3 rings (SSSR count). The molecular formula is C16H17ClN4OS3. The van der Waals surface area contributed by atoms with E-state index >= 15 is 0 Å². The Morgan fingerprint density at radius 1 is 1.32 bits per heavy atom. The Kier molecular flexibility index (Phi) is 6.71. The lowest BCUT2D eigenvalue weighted by atomic mass is 10.2. The van der Waals surface area contributed by atoms with Crippen LogP contribution in [0.1, 0.15) is 4.88 Å². The lowest BCUT2D eigenvalue weighted by Gasteiger charge is -2.04. The van der Waals surface area contributed by atoms with Crippen molar-refractivity contribution in [3.05, 3.63) is 40.6 Å². The Morgan fingerprint density at radius 3 is 2.64 bits per heavy atom. The molecule has 0 spiro atoms. The van der Waals surface area contributed by atoms with Crippen molar-refractivity contribution in [2.75, 3.05) is 18.7 Å². The van der Waals surface area contributed by atoms with Crippen LogP contribution >= 0.6 is 46.8 Å². The highest BCUT2D eigenvalue weighted by Gasteiger charge is 2.15. The van der Waals surface area contributed by atoms with Crippen molar-refractivity contribution in [3.8, 4) is 17.0 Å². The number of aromatic nitrogens is 1. The minimum Gasteiger partial charge on any atom is -0.497 e. The molecular weight excluding hydrogens is 396 g/mol. The number of thioether (sulfide) groups is 1. The van der Waals surface area contributed by atoms with E-state index in [2.05, 4.69) is 10.3 Å². The molecule has 0 unspecified atom stereocenters. The van der Waals surface area contributed by atoms with Gasteiger partial charge in [-0.1, -0.05) is 0 Å². The number of nitrogen functional groups attached to an aromatic ring is 1. The van der Waals surface area contributed by atoms with Crippen molar-refractivity contribution in [3.63, 3.8) is 0 Å². The molecule has 0 aliphatic heterocycles. The van der Waals surface area contributed by atoms with E-state index in [-0.39, 0.29) is 18.2 Å². The lowest BCUT2D eigenvalue weighted by molar-refractivity contribution is 0.415. The van der Waals surface area contributed by atoms with Gasteiger partial charge >= 0.3 is 0 Å². The van der Waals surface area contributed by atoms with E-state index < -0.39 is 0 Å². The lowest BCUT2D eigenvalue weighted by Crippen LogP contribution is -2.08. The zero-order valence-electron chi connectivity index (χ0n) is 13.5.